The van der Waals surface area contributed by atoms with Gasteiger partial charge in [-0.2, -0.15) is 5.26 Å². The lowest BCUT2D eigenvalue weighted by atomic mass is 9.72. The predicted molar refractivity (Wildman–Crippen MR) is 104 cm³/mol. The number of benzene rings is 1. The molecule has 4 nitrogen and oxygen atoms in total. The van der Waals surface area contributed by atoms with Crippen molar-refractivity contribution in [3.63, 3.8) is 0 Å². The number of nitriles is 1. The third-order valence-corrected chi connectivity index (χ3v) is 6.47. The van der Waals surface area contributed by atoms with E-state index in [1.807, 2.05) is 18.2 Å². The Hall–Kier alpha value is -2.32. The van der Waals surface area contributed by atoms with Gasteiger partial charge in [-0.1, -0.05) is 20.8 Å². The second-order valence-electron chi connectivity index (χ2n) is 7.97. The maximum atomic E-state index is 9.66. The molecule has 5 heteroatoms. The molecule has 0 fully saturated rings. The van der Waals surface area contributed by atoms with Gasteiger partial charge in [0, 0.05) is 11.1 Å². The van der Waals surface area contributed by atoms with Crippen molar-refractivity contribution in [2.75, 3.05) is 6.79 Å². The van der Waals surface area contributed by atoms with Crippen LogP contribution < -0.4 is 9.47 Å². The van der Waals surface area contributed by atoms with Crippen LogP contribution in [0.3, 0.4) is 0 Å². The molecule has 134 valence electrons. The number of fused-ring (bicyclic) bond motifs is 2. The van der Waals surface area contributed by atoms with Gasteiger partial charge < -0.3 is 9.47 Å². The lowest BCUT2D eigenvalue weighted by Crippen LogP contribution is -2.26. The highest BCUT2D eigenvalue weighted by atomic mass is 32.1. The van der Waals surface area contributed by atoms with Crippen LogP contribution >= 0.6 is 11.3 Å². The summed E-state index contributed by atoms with van der Waals surface area (Å²) in [6, 6.07) is 8.15. The molecule has 1 aromatic carbocycles. The zero-order valence-corrected chi connectivity index (χ0v) is 16.2. The molecule has 0 saturated heterocycles. The molecule has 2 aliphatic rings. The van der Waals surface area contributed by atoms with E-state index in [4.69, 9.17) is 9.47 Å². The summed E-state index contributed by atoms with van der Waals surface area (Å²) in [4.78, 5) is 5.98. The summed E-state index contributed by atoms with van der Waals surface area (Å²) in [6.07, 6.45) is 4.99. The topological polar surface area (TPSA) is 54.6 Å². The van der Waals surface area contributed by atoms with Crippen molar-refractivity contribution in [2.24, 2.45) is 16.3 Å². The number of thiophene rings is 1. The SMILES string of the molecule is CC(C)(C)[C@H]1CCc2c(sc(N=Cc3ccc4c(c3)OCO4)c2C#N)C1. The van der Waals surface area contributed by atoms with Crippen molar-refractivity contribution in [1.29, 1.82) is 5.26 Å². The van der Waals surface area contributed by atoms with Crippen LogP contribution in [0.25, 0.3) is 0 Å². The first-order valence-electron chi connectivity index (χ1n) is 8.94. The minimum Gasteiger partial charge on any atom is -0.454 e. The molecular weight excluding hydrogens is 344 g/mol. The van der Waals surface area contributed by atoms with E-state index in [0.29, 0.717) is 11.3 Å². The molecule has 0 N–H and O–H groups in total. The molecule has 2 heterocycles. The van der Waals surface area contributed by atoms with Gasteiger partial charge in [0.25, 0.3) is 0 Å². The smallest absolute Gasteiger partial charge is 0.231 e. The van der Waals surface area contributed by atoms with E-state index in [0.717, 1.165) is 46.9 Å². The molecule has 0 saturated carbocycles. The molecule has 0 bridgehead atoms. The quantitative estimate of drug-likeness (QED) is 0.682. The molecule has 26 heavy (non-hydrogen) atoms. The fraction of sp³-hybridized carbons (Fsp3) is 0.429. The average Bonchev–Trinajstić information content (AvgIpc) is 3.21. The molecule has 1 aliphatic heterocycles. The fourth-order valence-corrected chi connectivity index (χ4v) is 4.87. The van der Waals surface area contributed by atoms with Gasteiger partial charge in [-0.25, -0.2) is 4.99 Å². The summed E-state index contributed by atoms with van der Waals surface area (Å²) in [6.45, 7) is 7.18. The predicted octanol–water partition coefficient (Wildman–Crippen LogP) is 5.25. The molecule has 4 rings (SSSR count). The zero-order chi connectivity index (χ0) is 18.3. The van der Waals surface area contributed by atoms with Crippen LogP contribution in [0, 0.1) is 22.7 Å². The number of hydrogen-bond acceptors (Lipinski definition) is 5. The van der Waals surface area contributed by atoms with E-state index in [9.17, 15) is 5.26 Å². The first kappa shape index (κ1) is 17.1. The van der Waals surface area contributed by atoms with Gasteiger partial charge in [-0.3, -0.25) is 0 Å². The summed E-state index contributed by atoms with van der Waals surface area (Å²) >= 11 is 1.67. The Morgan fingerprint density at radius 2 is 2.08 bits per heavy atom. The first-order chi connectivity index (χ1) is 12.5. The third kappa shape index (κ3) is 3.10. The third-order valence-electron chi connectivity index (χ3n) is 5.31. The van der Waals surface area contributed by atoms with Crippen molar-refractivity contribution in [3.8, 4) is 17.6 Å². The summed E-state index contributed by atoms with van der Waals surface area (Å²) in [5.41, 5.74) is 3.21. The van der Waals surface area contributed by atoms with Gasteiger partial charge >= 0.3 is 0 Å². The van der Waals surface area contributed by atoms with Crippen LogP contribution in [-0.4, -0.2) is 13.0 Å². The average molecular weight is 366 g/mol. The van der Waals surface area contributed by atoms with Gasteiger partial charge in [0.1, 0.15) is 11.1 Å². The Labute approximate surface area is 158 Å². The van der Waals surface area contributed by atoms with Gasteiger partial charge in [-0.05, 0) is 59.9 Å². The maximum absolute atomic E-state index is 9.66. The van der Waals surface area contributed by atoms with Gasteiger partial charge in [0.15, 0.2) is 11.5 Å². The molecule has 0 amide bonds. The van der Waals surface area contributed by atoms with Crippen molar-refractivity contribution in [2.45, 2.75) is 40.0 Å². The lowest BCUT2D eigenvalue weighted by molar-refractivity contribution is 0.174. The molecule has 1 aromatic heterocycles. The Morgan fingerprint density at radius 3 is 2.85 bits per heavy atom. The zero-order valence-electron chi connectivity index (χ0n) is 15.3. The lowest BCUT2D eigenvalue weighted by Gasteiger charge is -2.33. The molecule has 0 unspecified atom stereocenters. The Bertz CT molecular complexity index is 915. The molecule has 1 atom stereocenters. The van der Waals surface area contributed by atoms with E-state index in [-0.39, 0.29) is 6.79 Å². The second-order valence-corrected chi connectivity index (χ2v) is 9.06. The highest BCUT2D eigenvalue weighted by molar-refractivity contribution is 7.16. The van der Waals surface area contributed by atoms with E-state index in [1.54, 1.807) is 17.6 Å². The standard InChI is InChI=1S/C21H22N2O2S/c1-21(2,3)14-5-6-15-16(10-22)20(26-19(15)9-14)23-11-13-4-7-17-18(8-13)25-12-24-17/h4,7-8,11,14H,5-6,9,12H2,1-3H3/t14-/m0/s1. The van der Waals surface area contributed by atoms with Crippen molar-refractivity contribution in [3.05, 3.63) is 39.8 Å². The Balaban J connectivity index is 1.62. The van der Waals surface area contributed by atoms with E-state index < -0.39 is 0 Å². The largest absolute Gasteiger partial charge is 0.454 e. The van der Waals surface area contributed by atoms with Crippen LogP contribution in [-0.2, 0) is 12.8 Å². The molecule has 2 aromatic rings. The molecular formula is C21H22N2O2S. The molecule has 0 spiro atoms. The van der Waals surface area contributed by atoms with Crippen molar-refractivity contribution < 1.29 is 9.47 Å². The number of rotatable bonds is 2. The second kappa shape index (κ2) is 6.44. The van der Waals surface area contributed by atoms with E-state index in [2.05, 4.69) is 31.8 Å². The highest BCUT2D eigenvalue weighted by Gasteiger charge is 2.32. The minimum atomic E-state index is 0.265. The van der Waals surface area contributed by atoms with Crippen molar-refractivity contribution in [1.82, 2.24) is 0 Å². The van der Waals surface area contributed by atoms with E-state index >= 15 is 0 Å². The number of hydrogen-bond donors (Lipinski definition) is 0. The summed E-state index contributed by atoms with van der Waals surface area (Å²) in [5.74, 6) is 2.17. The summed E-state index contributed by atoms with van der Waals surface area (Å²) in [5, 5.41) is 10.5. The number of nitrogens with zero attached hydrogens (tertiary/aromatic N) is 2. The van der Waals surface area contributed by atoms with Crippen LogP contribution in [0.5, 0.6) is 11.5 Å². The summed E-state index contributed by atoms with van der Waals surface area (Å²) in [7, 11) is 0. The van der Waals surface area contributed by atoms with Crippen molar-refractivity contribution >= 4 is 22.6 Å². The number of aliphatic imine (C=N–C) groups is 1. The van der Waals surface area contributed by atoms with Gasteiger partial charge in [-0.15, -0.1) is 11.3 Å². The van der Waals surface area contributed by atoms with Crippen LogP contribution in [0.2, 0.25) is 0 Å². The molecule has 0 radical (unpaired) electrons. The monoisotopic (exact) mass is 366 g/mol. The number of ether oxygens (including phenoxy) is 2. The maximum Gasteiger partial charge on any atom is 0.231 e. The molecule has 1 aliphatic carbocycles. The minimum absolute atomic E-state index is 0.265. The van der Waals surface area contributed by atoms with Gasteiger partial charge in [0.05, 0.1) is 5.56 Å². The van der Waals surface area contributed by atoms with Crippen LogP contribution in [0.1, 0.15) is 48.8 Å². The van der Waals surface area contributed by atoms with Gasteiger partial charge in [0.2, 0.25) is 6.79 Å². The highest BCUT2D eigenvalue weighted by Crippen LogP contribution is 2.45. The Morgan fingerprint density at radius 1 is 1.27 bits per heavy atom. The van der Waals surface area contributed by atoms with Crippen LogP contribution in [0.15, 0.2) is 23.2 Å². The first-order valence-corrected chi connectivity index (χ1v) is 9.75. The van der Waals surface area contributed by atoms with Crippen LogP contribution in [0.4, 0.5) is 5.00 Å². The summed E-state index contributed by atoms with van der Waals surface area (Å²) < 4.78 is 10.7. The normalized spacial score (nSPS) is 18.8. The van der Waals surface area contributed by atoms with E-state index in [1.165, 1.54) is 10.4 Å². The Kier molecular flexibility index (Phi) is 4.24. The fourth-order valence-electron chi connectivity index (χ4n) is 3.64.